The number of carbonyl (C=O) groups excluding carboxylic acids is 2. The molecule has 0 heterocycles. The topological polar surface area (TPSA) is 55.7 Å². The first-order valence-electron chi connectivity index (χ1n) is 4.96. The van der Waals surface area contributed by atoms with E-state index in [0.717, 1.165) is 5.56 Å². The van der Waals surface area contributed by atoms with Crippen molar-refractivity contribution in [3.8, 4) is 0 Å². The zero-order chi connectivity index (χ0) is 11.8. The maximum Gasteiger partial charge on any atom is 0.331 e. The summed E-state index contributed by atoms with van der Waals surface area (Å²) in [6.45, 7) is 0. The Morgan fingerprint density at radius 1 is 1.44 bits per heavy atom. The van der Waals surface area contributed by atoms with Crippen molar-refractivity contribution >= 4 is 12.0 Å². The van der Waals surface area contributed by atoms with Gasteiger partial charge in [-0.05, 0) is 18.4 Å². The molecule has 0 amide bonds. The number of aryl methyl sites for hydroxylation is 1. The van der Waals surface area contributed by atoms with Crippen LogP contribution >= 0.6 is 0 Å². The lowest BCUT2D eigenvalue weighted by molar-refractivity contribution is -0.142. The number of hydrogen-bond acceptors (Lipinski definition) is 4. The van der Waals surface area contributed by atoms with Crippen molar-refractivity contribution in [3.05, 3.63) is 35.9 Å². The van der Waals surface area contributed by atoms with Gasteiger partial charge in [0, 0.05) is 0 Å². The third kappa shape index (κ3) is 3.67. The number of isocyanates is 1. The molecule has 1 rings (SSSR count). The van der Waals surface area contributed by atoms with Crippen LogP contribution in [-0.2, 0) is 20.7 Å². The maximum absolute atomic E-state index is 11.2. The van der Waals surface area contributed by atoms with Crippen LogP contribution in [0.4, 0.5) is 0 Å². The van der Waals surface area contributed by atoms with E-state index >= 15 is 0 Å². The van der Waals surface area contributed by atoms with Gasteiger partial charge in [0.15, 0.2) is 6.04 Å². The van der Waals surface area contributed by atoms with Gasteiger partial charge in [0.1, 0.15) is 0 Å². The minimum atomic E-state index is -0.747. The fourth-order valence-electron chi connectivity index (χ4n) is 1.38. The van der Waals surface area contributed by atoms with E-state index < -0.39 is 12.0 Å². The molecule has 0 N–H and O–H groups in total. The lowest BCUT2D eigenvalue weighted by Crippen LogP contribution is -2.20. The van der Waals surface area contributed by atoms with E-state index in [-0.39, 0.29) is 0 Å². The van der Waals surface area contributed by atoms with E-state index in [1.54, 1.807) is 0 Å². The molecular weight excluding hydrogens is 206 g/mol. The average Bonchev–Trinajstić information content (AvgIpc) is 2.34. The van der Waals surface area contributed by atoms with Crippen molar-refractivity contribution in [2.24, 2.45) is 4.99 Å². The molecule has 0 spiro atoms. The molecule has 0 aromatic heterocycles. The van der Waals surface area contributed by atoms with E-state index in [2.05, 4.69) is 9.73 Å². The number of esters is 1. The quantitative estimate of drug-likeness (QED) is 0.428. The van der Waals surface area contributed by atoms with Gasteiger partial charge in [0.2, 0.25) is 6.08 Å². The first-order chi connectivity index (χ1) is 7.77. The van der Waals surface area contributed by atoms with E-state index in [4.69, 9.17) is 0 Å². The summed E-state index contributed by atoms with van der Waals surface area (Å²) in [4.78, 5) is 24.8. The monoisotopic (exact) mass is 219 g/mol. The van der Waals surface area contributed by atoms with Crippen LogP contribution in [0.25, 0.3) is 0 Å². The Balaban J connectivity index is 2.57. The molecule has 0 fully saturated rings. The summed E-state index contributed by atoms with van der Waals surface area (Å²) in [5, 5.41) is 0. The zero-order valence-corrected chi connectivity index (χ0v) is 9.05. The van der Waals surface area contributed by atoms with Gasteiger partial charge < -0.3 is 4.74 Å². The van der Waals surface area contributed by atoms with Gasteiger partial charge in [-0.2, -0.15) is 4.99 Å². The number of carbonyl (C=O) groups is 1. The normalized spacial score (nSPS) is 11.3. The summed E-state index contributed by atoms with van der Waals surface area (Å²) in [6, 6.07) is 8.93. The van der Waals surface area contributed by atoms with E-state index in [1.165, 1.54) is 13.2 Å². The van der Waals surface area contributed by atoms with Gasteiger partial charge in [-0.15, -0.1) is 0 Å². The number of aliphatic imine (C=N–C) groups is 1. The Labute approximate surface area is 94.0 Å². The van der Waals surface area contributed by atoms with Crippen molar-refractivity contribution in [1.29, 1.82) is 0 Å². The molecule has 0 aliphatic heterocycles. The van der Waals surface area contributed by atoms with Crippen LogP contribution in [0.5, 0.6) is 0 Å². The Hall–Kier alpha value is -1.93. The lowest BCUT2D eigenvalue weighted by Gasteiger charge is -2.07. The highest BCUT2D eigenvalue weighted by Crippen LogP contribution is 2.08. The molecule has 0 saturated heterocycles. The summed E-state index contributed by atoms with van der Waals surface area (Å²) < 4.78 is 4.54. The Bertz CT molecular complexity index is 383. The standard InChI is InChI=1S/C12H13NO3/c1-16-12(15)11(13-9-14)8-7-10-5-3-2-4-6-10/h2-6,11H,7-8H2,1H3. The summed E-state index contributed by atoms with van der Waals surface area (Å²) in [5.74, 6) is -0.501. The van der Waals surface area contributed by atoms with Crippen molar-refractivity contribution in [2.75, 3.05) is 7.11 Å². The van der Waals surface area contributed by atoms with Crippen LogP contribution in [0.2, 0.25) is 0 Å². The predicted molar refractivity (Wildman–Crippen MR) is 58.7 cm³/mol. The molecule has 0 aliphatic carbocycles. The summed E-state index contributed by atoms with van der Waals surface area (Å²) in [7, 11) is 1.28. The molecule has 1 aromatic carbocycles. The Morgan fingerprint density at radius 3 is 2.69 bits per heavy atom. The molecule has 84 valence electrons. The second-order valence-corrected chi connectivity index (χ2v) is 3.28. The third-order valence-electron chi connectivity index (χ3n) is 2.23. The van der Waals surface area contributed by atoms with E-state index in [1.807, 2.05) is 30.3 Å². The summed E-state index contributed by atoms with van der Waals surface area (Å²) in [6.07, 6.45) is 2.52. The van der Waals surface area contributed by atoms with Gasteiger partial charge >= 0.3 is 5.97 Å². The SMILES string of the molecule is COC(=O)C(CCc1ccccc1)N=C=O. The van der Waals surface area contributed by atoms with Gasteiger partial charge in [-0.1, -0.05) is 30.3 Å². The first kappa shape index (κ1) is 12.1. The van der Waals surface area contributed by atoms with Crippen LogP contribution in [0.1, 0.15) is 12.0 Å². The molecule has 16 heavy (non-hydrogen) atoms. The average molecular weight is 219 g/mol. The van der Waals surface area contributed by atoms with E-state index in [9.17, 15) is 9.59 Å². The third-order valence-corrected chi connectivity index (χ3v) is 2.23. The van der Waals surface area contributed by atoms with Crippen molar-refractivity contribution < 1.29 is 14.3 Å². The van der Waals surface area contributed by atoms with Crippen LogP contribution in [0, 0.1) is 0 Å². The molecule has 0 aliphatic rings. The number of rotatable bonds is 5. The van der Waals surface area contributed by atoms with Crippen molar-refractivity contribution in [2.45, 2.75) is 18.9 Å². The van der Waals surface area contributed by atoms with E-state index in [0.29, 0.717) is 12.8 Å². The Morgan fingerprint density at radius 2 is 2.12 bits per heavy atom. The second-order valence-electron chi connectivity index (χ2n) is 3.28. The largest absolute Gasteiger partial charge is 0.467 e. The molecule has 1 unspecified atom stereocenters. The van der Waals surface area contributed by atoms with Gasteiger partial charge in [0.25, 0.3) is 0 Å². The number of methoxy groups -OCH3 is 1. The smallest absolute Gasteiger partial charge is 0.331 e. The van der Waals surface area contributed by atoms with Gasteiger partial charge in [-0.25, -0.2) is 9.59 Å². The lowest BCUT2D eigenvalue weighted by atomic mass is 10.1. The van der Waals surface area contributed by atoms with Crippen LogP contribution < -0.4 is 0 Å². The van der Waals surface area contributed by atoms with Crippen LogP contribution in [0.3, 0.4) is 0 Å². The van der Waals surface area contributed by atoms with Crippen LogP contribution in [-0.4, -0.2) is 25.2 Å². The highest BCUT2D eigenvalue weighted by atomic mass is 16.5. The maximum atomic E-state index is 11.2. The summed E-state index contributed by atoms with van der Waals surface area (Å²) >= 11 is 0. The molecule has 4 heteroatoms. The number of hydrogen-bond donors (Lipinski definition) is 0. The number of ether oxygens (including phenoxy) is 1. The second kappa shape index (κ2) is 6.53. The molecule has 4 nitrogen and oxygen atoms in total. The fourth-order valence-corrected chi connectivity index (χ4v) is 1.38. The zero-order valence-electron chi connectivity index (χ0n) is 9.05. The van der Waals surface area contributed by atoms with Crippen molar-refractivity contribution in [1.82, 2.24) is 0 Å². The number of nitrogens with zero attached hydrogens (tertiary/aromatic N) is 1. The highest BCUT2D eigenvalue weighted by molar-refractivity contribution is 5.76. The molecule has 0 radical (unpaired) electrons. The van der Waals surface area contributed by atoms with Gasteiger partial charge in [-0.3, -0.25) is 0 Å². The predicted octanol–water partition coefficient (Wildman–Crippen LogP) is 1.50. The minimum Gasteiger partial charge on any atom is -0.467 e. The minimum absolute atomic E-state index is 0.450. The molecular formula is C12H13NO3. The van der Waals surface area contributed by atoms with Crippen molar-refractivity contribution in [3.63, 3.8) is 0 Å². The Kier molecular flexibility index (Phi) is 4.96. The molecule has 1 atom stereocenters. The summed E-state index contributed by atoms with van der Waals surface area (Å²) in [5.41, 5.74) is 1.09. The number of benzene rings is 1. The molecule has 1 aromatic rings. The highest BCUT2D eigenvalue weighted by Gasteiger charge is 2.17. The van der Waals surface area contributed by atoms with Gasteiger partial charge in [0.05, 0.1) is 7.11 Å². The first-order valence-corrected chi connectivity index (χ1v) is 4.96. The molecule has 0 saturated carbocycles. The molecule has 0 bridgehead atoms. The fraction of sp³-hybridized carbons (Fsp3) is 0.333. The van der Waals surface area contributed by atoms with Crippen LogP contribution in [0.15, 0.2) is 35.3 Å².